The molecular formula is C12H20ClN5. The summed E-state index contributed by atoms with van der Waals surface area (Å²) in [4.78, 5) is 6.60. The molecule has 2 heterocycles. The number of nitrogens with zero attached hydrogens (tertiary/aromatic N) is 3. The van der Waals surface area contributed by atoms with Crippen LogP contribution < -0.4 is 5.32 Å². The van der Waals surface area contributed by atoms with Gasteiger partial charge in [-0.05, 0) is 40.1 Å². The maximum absolute atomic E-state index is 4.41. The molecule has 0 unspecified atom stereocenters. The molecule has 0 aliphatic rings. The van der Waals surface area contributed by atoms with Crippen molar-refractivity contribution >= 4 is 29.1 Å². The van der Waals surface area contributed by atoms with Gasteiger partial charge in [0.2, 0.25) is 0 Å². The van der Waals surface area contributed by atoms with Crippen LogP contribution in [0.5, 0.6) is 0 Å². The number of fused-ring (bicyclic) bond motifs is 1. The smallest absolute Gasteiger partial charge is 0.110 e. The molecular weight excluding hydrogens is 250 g/mol. The van der Waals surface area contributed by atoms with Gasteiger partial charge in [-0.3, -0.25) is 5.10 Å². The van der Waals surface area contributed by atoms with Crippen molar-refractivity contribution in [1.29, 1.82) is 0 Å². The predicted molar refractivity (Wildman–Crippen MR) is 77.5 cm³/mol. The van der Waals surface area contributed by atoms with E-state index in [-0.39, 0.29) is 12.4 Å². The lowest BCUT2D eigenvalue weighted by molar-refractivity contribution is 0.405. The lowest BCUT2D eigenvalue weighted by Crippen LogP contribution is -2.16. The van der Waals surface area contributed by atoms with E-state index in [9.17, 15) is 0 Å². The van der Waals surface area contributed by atoms with Crippen molar-refractivity contribution in [2.45, 2.75) is 13.3 Å². The van der Waals surface area contributed by atoms with Gasteiger partial charge in [-0.1, -0.05) is 0 Å². The fourth-order valence-electron chi connectivity index (χ4n) is 1.82. The van der Waals surface area contributed by atoms with Crippen molar-refractivity contribution in [3.8, 4) is 0 Å². The summed E-state index contributed by atoms with van der Waals surface area (Å²) in [6, 6.07) is 2.05. The SMILES string of the molecule is Cc1cc(NCCCN(C)C)c2[nH]ncc2n1.Cl. The third kappa shape index (κ3) is 3.58. The van der Waals surface area contributed by atoms with Crippen molar-refractivity contribution in [2.75, 3.05) is 32.5 Å². The van der Waals surface area contributed by atoms with Gasteiger partial charge in [-0.25, -0.2) is 4.98 Å². The van der Waals surface area contributed by atoms with E-state index in [1.807, 2.05) is 6.92 Å². The number of halogens is 1. The van der Waals surface area contributed by atoms with Gasteiger partial charge in [0.15, 0.2) is 0 Å². The van der Waals surface area contributed by atoms with E-state index in [4.69, 9.17) is 0 Å². The molecule has 0 atom stereocenters. The van der Waals surface area contributed by atoms with E-state index < -0.39 is 0 Å². The van der Waals surface area contributed by atoms with Crippen molar-refractivity contribution in [2.24, 2.45) is 0 Å². The summed E-state index contributed by atoms with van der Waals surface area (Å²) >= 11 is 0. The van der Waals surface area contributed by atoms with E-state index in [1.54, 1.807) is 6.20 Å². The molecule has 0 bridgehead atoms. The van der Waals surface area contributed by atoms with Gasteiger partial charge >= 0.3 is 0 Å². The zero-order chi connectivity index (χ0) is 12.3. The molecule has 2 aromatic heterocycles. The van der Waals surface area contributed by atoms with Gasteiger partial charge in [0.1, 0.15) is 11.0 Å². The average Bonchev–Trinajstić information content (AvgIpc) is 2.71. The standard InChI is InChI=1S/C12H19N5.ClH/c1-9-7-10(13-5-4-6-17(2)3)12-11(15-9)8-14-16-12;/h7-8H,4-6H2,1-3H3,(H,13,15)(H,14,16);1H. The molecule has 0 saturated carbocycles. The summed E-state index contributed by atoms with van der Waals surface area (Å²) in [7, 11) is 4.17. The molecule has 0 aliphatic carbocycles. The van der Waals surface area contributed by atoms with Crippen LogP contribution in [0.1, 0.15) is 12.1 Å². The number of H-pyrrole nitrogens is 1. The molecule has 0 radical (unpaired) electrons. The van der Waals surface area contributed by atoms with E-state index in [0.29, 0.717) is 0 Å². The van der Waals surface area contributed by atoms with Gasteiger partial charge in [-0.2, -0.15) is 5.10 Å². The van der Waals surface area contributed by atoms with Gasteiger partial charge in [-0.15, -0.1) is 12.4 Å². The number of aromatic amines is 1. The predicted octanol–water partition coefficient (Wildman–Crippen LogP) is 2.05. The van der Waals surface area contributed by atoms with E-state index in [1.165, 1.54) is 0 Å². The molecule has 0 aliphatic heterocycles. The summed E-state index contributed by atoms with van der Waals surface area (Å²) in [6.07, 6.45) is 2.87. The van der Waals surface area contributed by atoms with Gasteiger partial charge in [0, 0.05) is 12.2 Å². The van der Waals surface area contributed by atoms with Crippen LogP contribution in [0.3, 0.4) is 0 Å². The number of nitrogens with one attached hydrogen (secondary N) is 2. The Morgan fingerprint density at radius 1 is 1.39 bits per heavy atom. The van der Waals surface area contributed by atoms with Crippen LogP contribution in [0.4, 0.5) is 5.69 Å². The summed E-state index contributed by atoms with van der Waals surface area (Å²) in [5.74, 6) is 0. The minimum absolute atomic E-state index is 0. The van der Waals surface area contributed by atoms with Crippen molar-refractivity contribution in [3.63, 3.8) is 0 Å². The number of aryl methyl sites for hydroxylation is 1. The fourth-order valence-corrected chi connectivity index (χ4v) is 1.82. The molecule has 2 N–H and O–H groups in total. The van der Waals surface area contributed by atoms with Crippen LogP contribution in [-0.2, 0) is 0 Å². The number of hydrogen-bond acceptors (Lipinski definition) is 4. The molecule has 0 amide bonds. The monoisotopic (exact) mass is 269 g/mol. The first-order valence-corrected chi connectivity index (χ1v) is 5.86. The molecule has 0 fully saturated rings. The highest BCUT2D eigenvalue weighted by Crippen LogP contribution is 2.20. The second-order valence-corrected chi connectivity index (χ2v) is 4.53. The van der Waals surface area contributed by atoms with Crippen LogP contribution in [0.2, 0.25) is 0 Å². The number of hydrogen-bond donors (Lipinski definition) is 2. The number of pyridine rings is 1. The Morgan fingerprint density at radius 2 is 2.17 bits per heavy atom. The topological polar surface area (TPSA) is 56.8 Å². The zero-order valence-corrected chi connectivity index (χ0v) is 11.8. The lowest BCUT2D eigenvalue weighted by Gasteiger charge is -2.11. The molecule has 0 spiro atoms. The van der Waals surface area contributed by atoms with Crippen molar-refractivity contribution in [3.05, 3.63) is 18.0 Å². The normalized spacial score (nSPS) is 10.7. The van der Waals surface area contributed by atoms with Crippen LogP contribution in [0, 0.1) is 6.92 Å². The molecule has 5 nitrogen and oxygen atoms in total. The molecule has 2 aromatic rings. The number of anilines is 1. The second kappa shape index (κ2) is 6.56. The molecule has 2 rings (SSSR count). The van der Waals surface area contributed by atoms with E-state index in [2.05, 4.69) is 45.6 Å². The van der Waals surface area contributed by atoms with Crippen molar-refractivity contribution < 1.29 is 0 Å². The van der Waals surface area contributed by atoms with E-state index in [0.717, 1.165) is 41.9 Å². The highest BCUT2D eigenvalue weighted by molar-refractivity contribution is 5.87. The summed E-state index contributed by atoms with van der Waals surface area (Å²) in [5, 5.41) is 10.4. The Hall–Kier alpha value is -1.33. The Kier molecular flexibility index (Phi) is 5.37. The van der Waals surface area contributed by atoms with E-state index >= 15 is 0 Å². The minimum Gasteiger partial charge on any atom is -0.383 e. The third-order valence-corrected chi connectivity index (χ3v) is 2.64. The first kappa shape index (κ1) is 14.7. The zero-order valence-electron chi connectivity index (χ0n) is 11.0. The molecule has 0 aromatic carbocycles. The van der Waals surface area contributed by atoms with Gasteiger partial charge in [0.25, 0.3) is 0 Å². The maximum Gasteiger partial charge on any atom is 0.110 e. The molecule has 100 valence electrons. The Balaban J connectivity index is 0.00000162. The second-order valence-electron chi connectivity index (χ2n) is 4.53. The van der Waals surface area contributed by atoms with Gasteiger partial charge in [0.05, 0.1) is 11.9 Å². The summed E-state index contributed by atoms with van der Waals surface area (Å²) in [6.45, 7) is 4.04. The fraction of sp³-hybridized carbons (Fsp3) is 0.500. The third-order valence-electron chi connectivity index (χ3n) is 2.64. The average molecular weight is 270 g/mol. The van der Waals surface area contributed by atoms with Crippen LogP contribution in [0.25, 0.3) is 11.0 Å². The largest absolute Gasteiger partial charge is 0.383 e. The highest BCUT2D eigenvalue weighted by Gasteiger charge is 2.05. The molecule has 6 heteroatoms. The Morgan fingerprint density at radius 3 is 2.89 bits per heavy atom. The van der Waals surface area contributed by atoms with Crippen LogP contribution in [-0.4, -0.2) is 47.3 Å². The lowest BCUT2D eigenvalue weighted by atomic mass is 10.2. The van der Waals surface area contributed by atoms with Crippen molar-refractivity contribution in [1.82, 2.24) is 20.1 Å². The Labute approximate surface area is 113 Å². The van der Waals surface area contributed by atoms with Gasteiger partial charge < -0.3 is 10.2 Å². The van der Waals surface area contributed by atoms with Crippen LogP contribution >= 0.6 is 12.4 Å². The minimum atomic E-state index is 0. The highest BCUT2D eigenvalue weighted by atomic mass is 35.5. The maximum atomic E-state index is 4.41. The molecule has 18 heavy (non-hydrogen) atoms. The summed E-state index contributed by atoms with van der Waals surface area (Å²) < 4.78 is 0. The molecule has 0 saturated heterocycles. The first-order chi connectivity index (χ1) is 8.16. The number of rotatable bonds is 5. The number of aromatic nitrogens is 3. The Bertz CT molecular complexity index is 494. The first-order valence-electron chi connectivity index (χ1n) is 5.86. The quantitative estimate of drug-likeness (QED) is 0.816. The van der Waals surface area contributed by atoms with Crippen LogP contribution in [0.15, 0.2) is 12.3 Å². The summed E-state index contributed by atoms with van der Waals surface area (Å²) in [5.41, 5.74) is 4.00.